The van der Waals surface area contributed by atoms with Gasteiger partial charge in [0.25, 0.3) is 0 Å². The van der Waals surface area contributed by atoms with Gasteiger partial charge in [-0.25, -0.2) is 0 Å². The second-order valence-electron chi connectivity index (χ2n) is 8.57. The van der Waals surface area contributed by atoms with E-state index in [0.29, 0.717) is 0 Å². The lowest BCUT2D eigenvalue weighted by Crippen LogP contribution is -2.15. The van der Waals surface area contributed by atoms with Crippen LogP contribution in [0.2, 0.25) is 0 Å². The summed E-state index contributed by atoms with van der Waals surface area (Å²) >= 11 is 0. The van der Waals surface area contributed by atoms with Crippen molar-refractivity contribution in [3.8, 4) is 0 Å². The zero-order valence-corrected chi connectivity index (χ0v) is 20.1. The molecule has 0 aliphatic heterocycles. The molecule has 0 saturated heterocycles. The minimum Gasteiger partial charge on any atom is -0.171 e. The number of hydrogen-bond donors (Lipinski definition) is 0. The Morgan fingerprint density at radius 3 is 1.34 bits per heavy atom. The molecule has 0 nitrogen and oxygen atoms in total. The first-order valence-corrected chi connectivity index (χ1v) is 12.9. The van der Waals surface area contributed by atoms with Gasteiger partial charge < -0.3 is 0 Å². The maximum Gasteiger partial charge on any atom is 0.389 e. The molecule has 1 aliphatic carbocycles. The third-order valence-electron chi connectivity index (χ3n) is 5.84. The molecular formula is C28H29F6S+. The van der Waals surface area contributed by atoms with Gasteiger partial charge in [0.15, 0.2) is 14.7 Å². The summed E-state index contributed by atoms with van der Waals surface area (Å²) in [5.41, 5.74) is 1.54. The topological polar surface area (TPSA) is 0 Å². The minimum atomic E-state index is -4.71. The molecule has 188 valence electrons. The summed E-state index contributed by atoms with van der Waals surface area (Å²) < 4.78 is 66.5. The van der Waals surface area contributed by atoms with Gasteiger partial charge in [-0.1, -0.05) is 67.8 Å². The monoisotopic (exact) mass is 511 g/mol. The maximum absolute atomic E-state index is 11.1. The van der Waals surface area contributed by atoms with E-state index in [4.69, 9.17) is 0 Å². The highest BCUT2D eigenvalue weighted by Crippen LogP contribution is 2.35. The molecule has 0 radical (unpaired) electrons. The van der Waals surface area contributed by atoms with Crippen molar-refractivity contribution in [2.75, 3.05) is 0 Å². The first kappa shape index (κ1) is 27.2. The van der Waals surface area contributed by atoms with E-state index in [1.807, 2.05) is 0 Å². The number of hydrogen-bond acceptors (Lipinski definition) is 0. The Kier molecular flexibility index (Phi) is 9.72. The van der Waals surface area contributed by atoms with Crippen molar-refractivity contribution in [3.05, 3.63) is 90.5 Å². The van der Waals surface area contributed by atoms with Crippen LogP contribution >= 0.6 is 0 Å². The minimum absolute atomic E-state index is 0.0278. The van der Waals surface area contributed by atoms with Gasteiger partial charge in [0.05, 0.1) is 23.7 Å². The molecule has 0 heterocycles. The number of alkyl halides is 6. The largest absolute Gasteiger partial charge is 0.389 e. The quantitative estimate of drug-likeness (QED) is 0.236. The molecule has 0 aromatic heterocycles. The van der Waals surface area contributed by atoms with Gasteiger partial charge in [0.2, 0.25) is 0 Å². The van der Waals surface area contributed by atoms with Crippen LogP contribution in [0.4, 0.5) is 26.3 Å². The van der Waals surface area contributed by atoms with Crippen LogP contribution in [0.15, 0.2) is 99.6 Å². The van der Waals surface area contributed by atoms with E-state index in [0.717, 1.165) is 5.92 Å². The van der Waals surface area contributed by atoms with Crippen molar-refractivity contribution < 1.29 is 26.3 Å². The third-order valence-corrected chi connectivity index (χ3v) is 8.07. The highest BCUT2D eigenvalue weighted by Gasteiger charge is 2.36. The molecule has 0 unspecified atom stereocenters. The Labute approximate surface area is 205 Å². The smallest absolute Gasteiger partial charge is 0.171 e. The summed E-state index contributed by atoms with van der Waals surface area (Å²) in [6.07, 6.45) is -6.08. The molecule has 0 bridgehead atoms. The average Bonchev–Trinajstić information content (AvgIpc) is 2.85. The zero-order chi connectivity index (χ0) is 25.3. The fourth-order valence-electron chi connectivity index (χ4n) is 4.12. The van der Waals surface area contributed by atoms with Gasteiger partial charge in [-0.2, -0.15) is 26.3 Å². The molecule has 1 saturated carbocycles. The van der Waals surface area contributed by atoms with Crippen molar-refractivity contribution in [3.63, 3.8) is 0 Å². The molecule has 0 amide bonds. The van der Waals surface area contributed by atoms with Gasteiger partial charge in [0.1, 0.15) is 0 Å². The average molecular weight is 512 g/mol. The van der Waals surface area contributed by atoms with E-state index in [2.05, 4.69) is 84.9 Å². The van der Waals surface area contributed by atoms with E-state index in [1.165, 1.54) is 52.4 Å². The molecule has 4 rings (SSSR count). The Morgan fingerprint density at radius 1 is 0.543 bits per heavy atom. The Balaban J connectivity index is 0.000000292. The van der Waals surface area contributed by atoms with E-state index >= 15 is 0 Å². The number of halogens is 6. The summed E-state index contributed by atoms with van der Waals surface area (Å²) in [6, 6.07) is 31.3. The van der Waals surface area contributed by atoms with Crippen LogP contribution in [0.5, 0.6) is 0 Å². The molecule has 35 heavy (non-hydrogen) atoms. The van der Waals surface area contributed by atoms with Crippen LogP contribution in [0, 0.1) is 0 Å². The van der Waals surface area contributed by atoms with Gasteiger partial charge in [-0.15, -0.1) is 0 Å². The van der Waals surface area contributed by atoms with Crippen molar-refractivity contribution >= 4 is 10.9 Å². The predicted molar refractivity (Wildman–Crippen MR) is 129 cm³/mol. The van der Waals surface area contributed by atoms with Gasteiger partial charge in [0, 0.05) is 0 Å². The van der Waals surface area contributed by atoms with Crippen LogP contribution in [-0.4, -0.2) is 12.4 Å². The van der Waals surface area contributed by atoms with Crippen molar-refractivity contribution in [1.82, 2.24) is 0 Å². The maximum atomic E-state index is 11.1. The highest BCUT2D eigenvalue weighted by molar-refractivity contribution is 7.97. The summed E-state index contributed by atoms with van der Waals surface area (Å²) in [4.78, 5) is 4.19. The first-order chi connectivity index (χ1) is 16.6. The predicted octanol–water partition coefficient (Wildman–Crippen LogP) is 9.72. The summed E-state index contributed by atoms with van der Waals surface area (Å²) in [7, 11) is -0.0278. The lowest BCUT2D eigenvalue weighted by molar-refractivity contribution is -0.183. The van der Waals surface area contributed by atoms with Gasteiger partial charge >= 0.3 is 12.4 Å². The van der Waals surface area contributed by atoms with E-state index in [9.17, 15) is 26.3 Å². The summed E-state index contributed by atoms with van der Waals surface area (Å²) in [5, 5.41) is 0. The SMILES string of the molecule is FC(F)(F)CCC(F)(F)F.c1ccc([S+](c2ccccc2)c2ccc(C3CCCCC3)cc2)cc1. The molecule has 7 heteroatoms. The van der Waals surface area contributed by atoms with Crippen LogP contribution in [-0.2, 0) is 10.9 Å². The lowest BCUT2D eigenvalue weighted by atomic mass is 9.84. The fraction of sp³-hybridized carbons (Fsp3) is 0.357. The molecule has 0 spiro atoms. The lowest BCUT2D eigenvalue weighted by Gasteiger charge is -2.22. The highest BCUT2D eigenvalue weighted by atomic mass is 32.2. The van der Waals surface area contributed by atoms with Gasteiger partial charge in [-0.05, 0) is 60.7 Å². The summed E-state index contributed by atoms with van der Waals surface area (Å²) in [6.45, 7) is 0. The van der Waals surface area contributed by atoms with E-state index in [1.54, 1.807) is 0 Å². The molecular weight excluding hydrogens is 482 g/mol. The van der Waals surface area contributed by atoms with E-state index < -0.39 is 25.2 Å². The molecule has 3 aromatic rings. The second kappa shape index (κ2) is 12.5. The van der Waals surface area contributed by atoms with Crippen molar-refractivity contribution in [2.24, 2.45) is 0 Å². The Hall–Kier alpha value is -2.41. The van der Waals surface area contributed by atoms with Crippen molar-refractivity contribution in [2.45, 2.75) is 77.9 Å². The number of rotatable bonds is 5. The van der Waals surface area contributed by atoms with Crippen LogP contribution < -0.4 is 0 Å². The molecule has 0 atom stereocenters. The molecule has 3 aromatic carbocycles. The van der Waals surface area contributed by atoms with Crippen LogP contribution in [0.3, 0.4) is 0 Å². The standard InChI is InChI=1S/C24H25S.C4H4F6/c1-4-10-20(11-5-1)21-16-18-24(19-17-21)25(22-12-6-2-7-13-22)23-14-8-3-9-15-23;5-3(6,7)1-2-4(8,9)10/h2-3,6-9,12-20H,1,4-5,10-11H2;1-2H2/q+1;. The Bertz CT molecular complexity index is 938. The normalized spacial score (nSPS) is 14.9. The summed E-state index contributed by atoms with van der Waals surface area (Å²) in [5.74, 6) is 0.776. The molecule has 1 fully saturated rings. The second-order valence-corrected chi connectivity index (χ2v) is 10.6. The fourth-order valence-corrected chi connectivity index (χ4v) is 6.20. The van der Waals surface area contributed by atoms with E-state index in [-0.39, 0.29) is 10.9 Å². The van der Waals surface area contributed by atoms with Crippen LogP contribution in [0.25, 0.3) is 0 Å². The number of benzene rings is 3. The van der Waals surface area contributed by atoms with Crippen molar-refractivity contribution in [1.29, 1.82) is 0 Å². The molecule has 1 aliphatic rings. The first-order valence-electron chi connectivity index (χ1n) is 11.7. The van der Waals surface area contributed by atoms with Crippen LogP contribution in [0.1, 0.15) is 56.4 Å². The van der Waals surface area contributed by atoms with Gasteiger partial charge in [-0.3, -0.25) is 0 Å². The third kappa shape index (κ3) is 9.28. The zero-order valence-electron chi connectivity index (χ0n) is 19.3. The Morgan fingerprint density at radius 2 is 0.943 bits per heavy atom. The molecule has 0 N–H and O–H groups in total.